The normalized spacial score (nSPS) is 9.61. The standard InChI is InChI=1S/C12H9ClN4O/c1-18-10-3-2-9(7-16-10)17-12-11(13)8(6-14)4-5-15-12/h2-5,7H,1H3,(H,15,17). The van der Waals surface area contributed by atoms with Crippen LogP contribution in [0.2, 0.25) is 5.02 Å². The second-order valence-corrected chi connectivity index (χ2v) is 3.73. The lowest BCUT2D eigenvalue weighted by atomic mass is 10.3. The van der Waals surface area contributed by atoms with Crippen molar-refractivity contribution in [2.45, 2.75) is 0 Å². The number of nitriles is 1. The topological polar surface area (TPSA) is 70.8 Å². The van der Waals surface area contributed by atoms with Crippen molar-refractivity contribution in [2.75, 3.05) is 12.4 Å². The molecule has 2 aromatic rings. The molecular weight excluding hydrogens is 252 g/mol. The van der Waals surface area contributed by atoms with E-state index in [2.05, 4.69) is 15.3 Å². The molecule has 0 spiro atoms. The van der Waals surface area contributed by atoms with Gasteiger partial charge in [0.25, 0.3) is 0 Å². The summed E-state index contributed by atoms with van der Waals surface area (Å²) in [6.07, 6.45) is 3.11. The number of anilines is 2. The molecule has 0 aromatic carbocycles. The maximum absolute atomic E-state index is 8.86. The van der Waals surface area contributed by atoms with Crippen LogP contribution in [-0.4, -0.2) is 17.1 Å². The zero-order chi connectivity index (χ0) is 13.0. The monoisotopic (exact) mass is 260 g/mol. The first-order chi connectivity index (χ1) is 8.74. The van der Waals surface area contributed by atoms with Gasteiger partial charge in [0.1, 0.15) is 11.1 Å². The smallest absolute Gasteiger partial charge is 0.213 e. The highest BCUT2D eigenvalue weighted by molar-refractivity contribution is 6.34. The van der Waals surface area contributed by atoms with Gasteiger partial charge in [-0.2, -0.15) is 5.26 Å². The van der Waals surface area contributed by atoms with Crippen LogP contribution in [0.1, 0.15) is 5.56 Å². The van der Waals surface area contributed by atoms with E-state index in [4.69, 9.17) is 21.6 Å². The molecule has 0 unspecified atom stereocenters. The van der Waals surface area contributed by atoms with Crippen molar-refractivity contribution in [1.82, 2.24) is 9.97 Å². The molecule has 2 rings (SSSR count). The van der Waals surface area contributed by atoms with Crippen molar-refractivity contribution in [3.63, 3.8) is 0 Å². The van der Waals surface area contributed by atoms with Gasteiger partial charge in [-0.05, 0) is 12.1 Å². The number of nitrogens with one attached hydrogen (secondary N) is 1. The lowest BCUT2D eigenvalue weighted by Crippen LogP contribution is -1.97. The molecule has 5 nitrogen and oxygen atoms in total. The lowest BCUT2D eigenvalue weighted by Gasteiger charge is -2.07. The Hall–Kier alpha value is -2.32. The predicted octanol–water partition coefficient (Wildman–Crippen LogP) is 2.75. The van der Waals surface area contributed by atoms with Crippen LogP contribution in [0.15, 0.2) is 30.6 Å². The second kappa shape index (κ2) is 5.34. The molecule has 0 bridgehead atoms. The van der Waals surface area contributed by atoms with E-state index in [0.717, 1.165) is 0 Å². The van der Waals surface area contributed by atoms with Gasteiger partial charge in [0.05, 0.1) is 24.6 Å². The number of hydrogen-bond donors (Lipinski definition) is 1. The van der Waals surface area contributed by atoms with Crippen LogP contribution in [0, 0.1) is 11.3 Å². The van der Waals surface area contributed by atoms with Crippen molar-refractivity contribution in [2.24, 2.45) is 0 Å². The Morgan fingerprint density at radius 1 is 1.33 bits per heavy atom. The van der Waals surface area contributed by atoms with Crippen LogP contribution >= 0.6 is 11.6 Å². The van der Waals surface area contributed by atoms with E-state index in [9.17, 15) is 0 Å². The molecule has 18 heavy (non-hydrogen) atoms. The van der Waals surface area contributed by atoms with E-state index < -0.39 is 0 Å². The van der Waals surface area contributed by atoms with Crippen molar-refractivity contribution in [3.05, 3.63) is 41.2 Å². The van der Waals surface area contributed by atoms with Crippen LogP contribution in [-0.2, 0) is 0 Å². The van der Waals surface area contributed by atoms with Crippen molar-refractivity contribution in [1.29, 1.82) is 5.26 Å². The number of methoxy groups -OCH3 is 1. The van der Waals surface area contributed by atoms with Gasteiger partial charge >= 0.3 is 0 Å². The molecular formula is C12H9ClN4O. The van der Waals surface area contributed by atoms with Crippen LogP contribution in [0.4, 0.5) is 11.5 Å². The molecule has 0 amide bonds. The average molecular weight is 261 g/mol. The predicted molar refractivity (Wildman–Crippen MR) is 68.0 cm³/mol. The number of halogens is 1. The summed E-state index contributed by atoms with van der Waals surface area (Å²) in [7, 11) is 1.55. The number of aromatic nitrogens is 2. The summed E-state index contributed by atoms with van der Waals surface area (Å²) in [5.41, 5.74) is 1.08. The van der Waals surface area contributed by atoms with E-state index in [-0.39, 0.29) is 5.02 Å². The lowest BCUT2D eigenvalue weighted by molar-refractivity contribution is 0.398. The van der Waals surface area contributed by atoms with E-state index >= 15 is 0 Å². The molecule has 6 heteroatoms. The molecule has 90 valence electrons. The molecule has 0 radical (unpaired) electrons. The first-order valence-electron chi connectivity index (χ1n) is 5.06. The highest BCUT2D eigenvalue weighted by atomic mass is 35.5. The Morgan fingerprint density at radius 2 is 2.17 bits per heavy atom. The van der Waals surface area contributed by atoms with E-state index in [0.29, 0.717) is 22.9 Å². The maximum Gasteiger partial charge on any atom is 0.213 e. The zero-order valence-corrected chi connectivity index (χ0v) is 10.3. The fraction of sp³-hybridized carbons (Fsp3) is 0.0833. The minimum absolute atomic E-state index is 0.288. The summed E-state index contributed by atoms with van der Waals surface area (Å²) >= 11 is 6.02. The zero-order valence-electron chi connectivity index (χ0n) is 9.51. The SMILES string of the molecule is COc1ccc(Nc2nccc(C#N)c2Cl)cn1. The van der Waals surface area contributed by atoms with E-state index in [1.807, 2.05) is 6.07 Å². The maximum atomic E-state index is 8.86. The summed E-state index contributed by atoms with van der Waals surface area (Å²) in [6, 6.07) is 7.04. The Morgan fingerprint density at radius 3 is 2.78 bits per heavy atom. The van der Waals surface area contributed by atoms with Gasteiger partial charge in [-0.3, -0.25) is 0 Å². The van der Waals surface area contributed by atoms with Crippen molar-refractivity contribution >= 4 is 23.1 Å². The highest BCUT2D eigenvalue weighted by Crippen LogP contribution is 2.26. The first-order valence-corrected chi connectivity index (χ1v) is 5.44. The molecule has 0 aliphatic heterocycles. The van der Waals surface area contributed by atoms with E-state index in [1.54, 1.807) is 31.5 Å². The van der Waals surface area contributed by atoms with Crippen LogP contribution in [0.3, 0.4) is 0 Å². The number of ether oxygens (including phenoxy) is 1. The number of rotatable bonds is 3. The summed E-state index contributed by atoms with van der Waals surface area (Å²) in [6.45, 7) is 0. The quantitative estimate of drug-likeness (QED) is 0.919. The Kier molecular flexibility index (Phi) is 3.60. The molecule has 0 saturated heterocycles. The van der Waals surface area contributed by atoms with Crippen LogP contribution in [0.25, 0.3) is 0 Å². The highest BCUT2D eigenvalue weighted by Gasteiger charge is 2.07. The summed E-state index contributed by atoms with van der Waals surface area (Å²) < 4.78 is 4.96. The fourth-order valence-corrected chi connectivity index (χ4v) is 1.53. The van der Waals surface area contributed by atoms with E-state index in [1.165, 1.54) is 6.20 Å². The second-order valence-electron chi connectivity index (χ2n) is 3.35. The molecule has 1 N–H and O–H groups in total. The third kappa shape index (κ3) is 2.50. The Bertz CT molecular complexity index is 592. The first kappa shape index (κ1) is 12.1. The molecule has 2 heterocycles. The van der Waals surface area contributed by atoms with Gasteiger partial charge in [0.15, 0.2) is 5.82 Å². The summed E-state index contributed by atoms with van der Waals surface area (Å²) in [4.78, 5) is 8.12. The average Bonchev–Trinajstić information content (AvgIpc) is 2.42. The Balaban J connectivity index is 2.26. The molecule has 0 saturated carbocycles. The third-order valence-electron chi connectivity index (χ3n) is 2.22. The van der Waals surface area contributed by atoms with Gasteiger partial charge in [0, 0.05) is 12.3 Å². The third-order valence-corrected chi connectivity index (χ3v) is 2.60. The molecule has 2 aromatic heterocycles. The molecule has 0 fully saturated rings. The molecule has 0 aliphatic carbocycles. The summed E-state index contributed by atoms with van der Waals surface area (Å²) in [5.74, 6) is 0.938. The largest absolute Gasteiger partial charge is 0.481 e. The minimum Gasteiger partial charge on any atom is -0.481 e. The van der Waals surface area contributed by atoms with Crippen LogP contribution < -0.4 is 10.1 Å². The van der Waals surface area contributed by atoms with Crippen LogP contribution in [0.5, 0.6) is 5.88 Å². The van der Waals surface area contributed by atoms with Gasteiger partial charge in [-0.15, -0.1) is 0 Å². The van der Waals surface area contributed by atoms with Gasteiger partial charge in [-0.25, -0.2) is 9.97 Å². The molecule has 0 aliphatic rings. The minimum atomic E-state index is 0.288. The number of pyridine rings is 2. The van der Waals surface area contributed by atoms with Crippen molar-refractivity contribution < 1.29 is 4.74 Å². The van der Waals surface area contributed by atoms with Gasteiger partial charge in [-0.1, -0.05) is 11.6 Å². The number of nitrogens with zero attached hydrogens (tertiary/aromatic N) is 3. The number of hydrogen-bond acceptors (Lipinski definition) is 5. The van der Waals surface area contributed by atoms with Crippen molar-refractivity contribution in [3.8, 4) is 11.9 Å². The fourth-order valence-electron chi connectivity index (χ4n) is 1.33. The summed E-state index contributed by atoms with van der Waals surface area (Å²) in [5, 5.41) is 12.1. The Labute approximate surface area is 109 Å². The molecule has 0 atom stereocenters. The van der Waals surface area contributed by atoms with Gasteiger partial charge in [0.2, 0.25) is 5.88 Å². The van der Waals surface area contributed by atoms with Gasteiger partial charge < -0.3 is 10.1 Å².